The number of ether oxygens (including phenoxy) is 1. The van der Waals surface area contributed by atoms with Crippen molar-refractivity contribution in [3.8, 4) is 5.75 Å². The zero-order chi connectivity index (χ0) is 14.2. The number of Topliss-reactive ketones (excluding diaryl/α,β-unsaturated/α-hetero) is 1. The minimum atomic E-state index is -0.478. The third-order valence-corrected chi connectivity index (χ3v) is 3.26. The van der Waals surface area contributed by atoms with Crippen LogP contribution >= 0.6 is 0 Å². The fourth-order valence-electron chi connectivity index (χ4n) is 2.09. The van der Waals surface area contributed by atoms with Crippen molar-refractivity contribution in [3.63, 3.8) is 0 Å². The van der Waals surface area contributed by atoms with Crippen LogP contribution in [0.2, 0.25) is 0 Å². The Morgan fingerprint density at radius 2 is 2.16 bits per heavy atom. The molecule has 0 aromatic heterocycles. The Bertz CT molecular complexity index is 525. The maximum absolute atomic E-state index is 12.2. The fraction of sp³-hybridized carbons (Fsp3) is 0.429. The molecule has 1 atom stereocenters. The summed E-state index contributed by atoms with van der Waals surface area (Å²) in [5.41, 5.74) is 6.45. The Hall–Kier alpha value is -1.88. The van der Waals surface area contributed by atoms with E-state index in [0.29, 0.717) is 17.0 Å². The molecule has 102 valence electrons. The van der Waals surface area contributed by atoms with Crippen LogP contribution in [0.1, 0.15) is 24.2 Å². The molecule has 1 amide bonds. The van der Waals surface area contributed by atoms with E-state index in [2.05, 4.69) is 0 Å². The third-order valence-electron chi connectivity index (χ3n) is 3.26. The predicted molar refractivity (Wildman–Crippen MR) is 72.5 cm³/mol. The zero-order valence-electron chi connectivity index (χ0n) is 11.3. The summed E-state index contributed by atoms with van der Waals surface area (Å²) in [5.74, 6) is 0.456. The predicted octanol–water partition coefficient (Wildman–Crippen LogP) is 1.21. The summed E-state index contributed by atoms with van der Waals surface area (Å²) in [4.78, 5) is 25.3. The number of hydrogen-bond acceptors (Lipinski definition) is 4. The molecule has 2 N–H and O–H groups in total. The fourth-order valence-corrected chi connectivity index (χ4v) is 2.09. The molecule has 5 nitrogen and oxygen atoms in total. The van der Waals surface area contributed by atoms with Gasteiger partial charge in [0.15, 0.2) is 11.9 Å². The van der Waals surface area contributed by atoms with Gasteiger partial charge in [0, 0.05) is 12.6 Å². The summed E-state index contributed by atoms with van der Waals surface area (Å²) >= 11 is 0. The Morgan fingerprint density at radius 3 is 2.74 bits per heavy atom. The molecule has 1 heterocycles. The van der Waals surface area contributed by atoms with E-state index in [-0.39, 0.29) is 24.2 Å². The van der Waals surface area contributed by atoms with Gasteiger partial charge in [0.25, 0.3) is 5.91 Å². The second-order valence-corrected chi connectivity index (χ2v) is 4.99. The smallest absolute Gasteiger partial charge is 0.268 e. The van der Waals surface area contributed by atoms with Gasteiger partial charge in [-0.3, -0.25) is 9.59 Å². The summed E-state index contributed by atoms with van der Waals surface area (Å²) < 4.78 is 5.71. The monoisotopic (exact) mass is 262 g/mol. The summed E-state index contributed by atoms with van der Waals surface area (Å²) in [6, 6.07) is 5.05. The highest BCUT2D eigenvalue weighted by Gasteiger charge is 2.34. The molecule has 0 radical (unpaired) electrons. The first-order chi connectivity index (χ1) is 8.95. The van der Waals surface area contributed by atoms with Gasteiger partial charge in [0.1, 0.15) is 5.75 Å². The maximum Gasteiger partial charge on any atom is 0.268 e. The van der Waals surface area contributed by atoms with Gasteiger partial charge in [-0.2, -0.15) is 0 Å². The number of carbonyl (C=O) groups excluding carboxylic acids is 2. The van der Waals surface area contributed by atoms with Crippen LogP contribution in [0.25, 0.3) is 0 Å². The molecular weight excluding hydrogens is 244 g/mol. The van der Waals surface area contributed by atoms with E-state index in [9.17, 15) is 9.59 Å². The minimum Gasteiger partial charge on any atom is -0.478 e. The van der Waals surface area contributed by atoms with Crippen LogP contribution < -0.4 is 15.4 Å². The molecule has 2 rings (SSSR count). The van der Waals surface area contributed by atoms with Crippen LogP contribution in [0.4, 0.5) is 5.69 Å². The average Bonchev–Trinajstić information content (AvgIpc) is 2.41. The standard InChI is InChI=1S/C14H18N2O3/c1-8(2)13-14(18)16(3)10-6-9(11(17)7-15)4-5-12(10)19-13/h4-6,8,13H,7,15H2,1-3H3. The van der Waals surface area contributed by atoms with Gasteiger partial charge in [0.05, 0.1) is 12.2 Å². The Kier molecular flexibility index (Phi) is 3.57. The second kappa shape index (κ2) is 5.01. The number of anilines is 1. The molecule has 1 aliphatic heterocycles. The number of ketones is 1. The lowest BCUT2D eigenvalue weighted by Gasteiger charge is -2.34. The van der Waals surface area contributed by atoms with Crippen LogP contribution in [-0.4, -0.2) is 31.4 Å². The van der Waals surface area contributed by atoms with E-state index in [1.807, 2.05) is 13.8 Å². The van der Waals surface area contributed by atoms with Crippen LogP contribution in [0.3, 0.4) is 0 Å². The lowest BCUT2D eigenvalue weighted by molar-refractivity contribution is -0.127. The zero-order valence-corrected chi connectivity index (χ0v) is 11.3. The molecule has 0 aliphatic carbocycles. The molecule has 0 fully saturated rings. The number of rotatable bonds is 3. The molecule has 1 aliphatic rings. The van der Waals surface area contributed by atoms with Crippen molar-refractivity contribution in [1.29, 1.82) is 0 Å². The van der Waals surface area contributed by atoms with E-state index in [0.717, 1.165) is 0 Å². The summed E-state index contributed by atoms with van der Waals surface area (Å²) in [5, 5.41) is 0. The highest BCUT2D eigenvalue weighted by molar-refractivity contribution is 6.03. The van der Waals surface area contributed by atoms with Crippen LogP contribution in [0.15, 0.2) is 18.2 Å². The number of hydrogen-bond donors (Lipinski definition) is 1. The molecular formula is C14H18N2O3. The van der Waals surface area contributed by atoms with Crippen LogP contribution in [-0.2, 0) is 4.79 Å². The number of carbonyl (C=O) groups is 2. The SMILES string of the molecule is CC(C)C1Oc2ccc(C(=O)CN)cc2N(C)C1=O. The molecule has 0 saturated heterocycles. The van der Waals surface area contributed by atoms with Gasteiger partial charge in [0.2, 0.25) is 0 Å². The van der Waals surface area contributed by atoms with Crippen LogP contribution in [0, 0.1) is 5.92 Å². The summed E-state index contributed by atoms with van der Waals surface area (Å²) in [6.07, 6.45) is -0.478. The van der Waals surface area contributed by atoms with Crippen molar-refractivity contribution in [2.45, 2.75) is 20.0 Å². The van der Waals surface area contributed by atoms with E-state index in [1.54, 1.807) is 25.2 Å². The van der Waals surface area contributed by atoms with E-state index in [1.165, 1.54) is 4.90 Å². The van der Waals surface area contributed by atoms with Gasteiger partial charge in [-0.1, -0.05) is 13.8 Å². The normalized spacial score (nSPS) is 18.3. The number of nitrogens with zero attached hydrogens (tertiary/aromatic N) is 1. The highest BCUT2D eigenvalue weighted by Crippen LogP contribution is 2.35. The first-order valence-electron chi connectivity index (χ1n) is 6.27. The third kappa shape index (κ3) is 2.33. The quantitative estimate of drug-likeness (QED) is 0.831. The van der Waals surface area contributed by atoms with Gasteiger partial charge in [-0.05, 0) is 24.1 Å². The highest BCUT2D eigenvalue weighted by atomic mass is 16.5. The number of likely N-dealkylation sites (N-methyl/N-ethyl adjacent to an activating group) is 1. The number of amides is 1. The van der Waals surface area contributed by atoms with Crippen molar-refractivity contribution in [2.75, 3.05) is 18.5 Å². The molecule has 1 unspecified atom stereocenters. The Labute approximate surface area is 112 Å². The molecule has 5 heteroatoms. The Morgan fingerprint density at radius 1 is 1.47 bits per heavy atom. The lowest BCUT2D eigenvalue weighted by atomic mass is 10.0. The minimum absolute atomic E-state index is 0.0497. The number of nitrogens with two attached hydrogens (primary N) is 1. The van der Waals surface area contributed by atoms with E-state index >= 15 is 0 Å². The molecule has 0 spiro atoms. The van der Waals surface area contributed by atoms with Crippen molar-refractivity contribution in [1.82, 2.24) is 0 Å². The number of benzene rings is 1. The summed E-state index contributed by atoms with van der Waals surface area (Å²) in [6.45, 7) is 3.83. The Balaban J connectivity index is 2.42. The maximum atomic E-state index is 12.2. The van der Waals surface area contributed by atoms with Gasteiger partial charge in [-0.15, -0.1) is 0 Å². The second-order valence-electron chi connectivity index (χ2n) is 4.99. The molecule has 1 aromatic carbocycles. The van der Waals surface area contributed by atoms with Gasteiger partial charge < -0.3 is 15.4 Å². The van der Waals surface area contributed by atoms with Crippen LogP contribution in [0.5, 0.6) is 5.75 Å². The van der Waals surface area contributed by atoms with Gasteiger partial charge >= 0.3 is 0 Å². The topological polar surface area (TPSA) is 72.6 Å². The van der Waals surface area contributed by atoms with E-state index in [4.69, 9.17) is 10.5 Å². The lowest BCUT2D eigenvalue weighted by Crippen LogP contribution is -2.46. The average molecular weight is 262 g/mol. The van der Waals surface area contributed by atoms with Crippen molar-refractivity contribution >= 4 is 17.4 Å². The van der Waals surface area contributed by atoms with Crippen molar-refractivity contribution in [3.05, 3.63) is 23.8 Å². The first-order valence-corrected chi connectivity index (χ1v) is 6.27. The molecule has 19 heavy (non-hydrogen) atoms. The van der Waals surface area contributed by atoms with Crippen molar-refractivity contribution < 1.29 is 14.3 Å². The molecule has 0 bridgehead atoms. The first kappa shape index (κ1) is 13.5. The largest absolute Gasteiger partial charge is 0.478 e. The summed E-state index contributed by atoms with van der Waals surface area (Å²) in [7, 11) is 1.69. The molecule has 1 aromatic rings. The molecule has 0 saturated carbocycles. The van der Waals surface area contributed by atoms with E-state index < -0.39 is 6.10 Å². The van der Waals surface area contributed by atoms with Crippen molar-refractivity contribution in [2.24, 2.45) is 11.7 Å². The number of fused-ring (bicyclic) bond motifs is 1. The van der Waals surface area contributed by atoms with Gasteiger partial charge in [-0.25, -0.2) is 0 Å².